The van der Waals surface area contributed by atoms with Crippen molar-refractivity contribution in [2.45, 2.75) is 45.1 Å². The van der Waals surface area contributed by atoms with Gasteiger partial charge in [0.25, 0.3) is 0 Å². The van der Waals surface area contributed by atoms with Crippen molar-refractivity contribution in [1.29, 1.82) is 5.26 Å². The van der Waals surface area contributed by atoms with Crippen LogP contribution >= 0.6 is 11.6 Å². The number of rotatable bonds is 7. The zero-order valence-corrected chi connectivity index (χ0v) is 22.2. The van der Waals surface area contributed by atoms with E-state index in [-0.39, 0.29) is 30.2 Å². The van der Waals surface area contributed by atoms with Gasteiger partial charge in [-0.3, -0.25) is 14.9 Å². The Bertz CT molecular complexity index is 1360. The summed E-state index contributed by atoms with van der Waals surface area (Å²) in [6.07, 6.45) is 3.97. The molecule has 1 saturated heterocycles. The number of carbonyl (C=O) groups excluding carboxylic acids is 2. The molecule has 0 saturated carbocycles. The van der Waals surface area contributed by atoms with E-state index in [2.05, 4.69) is 20.9 Å². The Kier molecular flexibility index (Phi) is 8.87. The first-order chi connectivity index (χ1) is 18.3. The van der Waals surface area contributed by atoms with Crippen LogP contribution in [-0.4, -0.2) is 48.3 Å². The smallest absolute Gasteiger partial charge is 0.247 e. The number of guanidine groups is 1. The fourth-order valence-electron chi connectivity index (χ4n) is 4.46. The molecule has 2 unspecified atom stereocenters. The first-order valence-electron chi connectivity index (χ1n) is 12.6. The third kappa shape index (κ3) is 7.05. The number of fused-ring (bicyclic) bond motifs is 1. The van der Waals surface area contributed by atoms with E-state index in [1.807, 2.05) is 68.6 Å². The Morgan fingerprint density at radius 2 is 2.03 bits per heavy atom. The maximum Gasteiger partial charge on any atom is 0.247 e. The molecule has 0 aliphatic carbocycles. The molecule has 0 bridgehead atoms. The van der Waals surface area contributed by atoms with Gasteiger partial charge in [0.15, 0.2) is 6.19 Å². The number of aryl methyl sites for hydroxylation is 1. The third-order valence-electron chi connectivity index (χ3n) is 6.49. The van der Waals surface area contributed by atoms with Crippen LogP contribution in [-0.2, 0) is 9.59 Å². The molecular weight excluding hydrogens is 504 g/mol. The Hall–Kier alpha value is -4.03. The second-order valence-electron chi connectivity index (χ2n) is 9.48. The SMILES string of the molecule is Cc1cc2cc(NC(=NC3CCCCN(CC(=O)NCC(C)c4ccc(Cl)cc4)C3=O)NC#N)ccc2o1. The molecule has 10 heteroatoms. The number of likely N-dealkylation sites (tertiary alicyclic amines) is 1. The van der Waals surface area contributed by atoms with Gasteiger partial charge in [0.1, 0.15) is 17.4 Å². The van der Waals surface area contributed by atoms with E-state index < -0.39 is 6.04 Å². The number of anilines is 1. The number of amides is 2. The number of hydrogen-bond donors (Lipinski definition) is 3. The average molecular weight is 535 g/mol. The number of nitriles is 1. The minimum Gasteiger partial charge on any atom is -0.461 e. The molecule has 2 heterocycles. The van der Waals surface area contributed by atoms with Gasteiger partial charge in [-0.1, -0.05) is 30.7 Å². The van der Waals surface area contributed by atoms with Crippen molar-refractivity contribution in [3.63, 3.8) is 0 Å². The zero-order valence-electron chi connectivity index (χ0n) is 21.5. The third-order valence-corrected chi connectivity index (χ3v) is 6.74. The summed E-state index contributed by atoms with van der Waals surface area (Å²) in [5, 5.41) is 19.4. The van der Waals surface area contributed by atoms with Crippen molar-refractivity contribution in [2.75, 3.05) is 25.0 Å². The van der Waals surface area contributed by atoms with Crippen LogP contribution in [0.3, 0.4) is 0 Å². The highest BCUT2D eigenvalue weighted by atomic mass is 35.5. The quantitative estimate of drug-likeness (QED) is 0.177. The molecule has 0 radical (unpaired) electrons. The summed E-state index contributed by atoms with van der Waals surface area (Å²) in [6, 6.07) is 14.3. The number of benzene rings is 2. The van der Waals surface area contributed by atoms with Crippen molar-refractivity contribution < 1.29 is 14.0 Å². The van der Waals surface area contributed by atoms with E-state index >= 15 is 0 Å². The second-order valence-corrected chi connectivity index (χ2v) is 9.91. The fourth-order valence-corrected chi connectivity index (χ4v) is 4.59. The van der Waals surface area contributed by atoms with Crippen LogP contribution in [0.2, 0.25) is 5.02 Å². The predicted octanol–water partition coefficient (Wildman–Crippen LogP) is 4.53. The molecule has 4 rings (SSSR count). The summed E-state index contributed by atoms with van der Waals surface area (Å²) >= 11 is 5.96. The molecule has 2 atom stereocenters. The second kappa shape index (κ2) is 12.5. The number of furan rings is 1. The summed E-state index contributed by atoms with van der Waals surface area (Å²) < 4.78 is 5.61. The molecule has 0 spiro atoms. The van der Waals surface area contributed by atoms with Crippen LogP contribution in [0.5, 0.6) is 0 Å². The van der Waals surface area contributed by atoms with Crippen molar-refractivity contribution in [1.82, 2.24) is 15.5 Å². The van der Waals surface area contributed by atoms with Crippen molar-refractivity contribution in [3.8, 4) is 6.19 Å². The highest BCUT2D eigenvalue weighted by Crippen LogP contribution is 2.23. The maximum atomic E-state index is 13.3. The van der Waals surface area contributed by atoms with Crippen molar-refractivity contribution in [2.24, 2.45) is 4.99 Å². The molecular formula is C28H31ClN6O3. The number of halogens is 1. The number of nitrogens with one attached hydrogen (secondary N) is 3. The summed E-state index contributed by atoms with van der Waals surface area (Å²) in [5.41, 5.74) is 2.53. The van der Waals surface area contributed by atoms with Crippen molar-refractivity contribution in [3.05, 3.63) is 64.9 Å². The van der Waals surface area contributed by atoms with Crippen LogP contribution in [0.4, 0.5) is 5.69 Å². The number of hydrogen-bond acceptors (Lipinski definition) is 5. The van der Waals surface area contributed by atoms with E-state index in [4.69, 9.17) is 16.0 Å². The monoisotopic (exact) mass is 534 g/mol. The largest absolute Gasteiger partial charge is 0.461 e. The van der Waals surface area contributed by atoms with Gasteiger partial charge in [0.05, 0.1) is 6.54 Å². The van der Waals surface area contributed by atoms with Crippen LogP contribution in [0.25, 0.3) is 11.0 Å². The van der Waals surface area contributed by atoms with Gasteiger partial charge in [0.2, 0.25) is 17.8 Å². The summed E-state index contributed by atoms with van der Waals surface area (Å²) in [7, 11) is 0. The minimum atomic E-state index is -0.707. The molecule has 2 amide bonds. The zero-order chi connectivity index (χ0) is 27.1. The lowest BCUT2D eigenvalue weighted by atomic mass is 10.0. The van der Waals surface area contributed by atoms with Gasteiger partial charge in [-0.15, -0.1) is 0 Å². The van der Waals surface area contributed by atoms with Gasteiger partial charge in [-0.05, 0) is 74.1 Å². The van der Waals surface area contributed by atoms with E-state index in [9.17, 15) is 14.9 Å². The summed E-state index contributed by atoms with van der Waals surface area (Å²) in [6.45, 7) is 4.79. The molecule has 3 aromatic rings. The Morgan fingerprint density at radius 3 is 2.79 bits per heavy atom. The lowest BCUT2D eigenvalue weighted by molar-refractivity contribution is -0.136. The van der Waals surface area contributed by atoms with Crippen LogP contribution in [0.1, 0.15) is 43.4 Å². The standard InChI is InChI=1S/C28H31ClN6O3/c1-18(20-6-8-22(29)9-7-20)15-31-26(36)16-35-12-4-3-5-24(27(35)37)34-28(32-17-30)33-23-10-11-25-21(14-23)13-19(2)38-25/h6-11,13-14,18,24H,3-5,12,15-16H2,1-2H3,(H,31,36)(H2,32,33,34). The first-order valence-corrected chi connectivity index (χ1v) is 13.0. The van der Waals surface area contributed by atoms with Crippen LogP contribution < -0.4 is 16.0 Å². The maximum absolute atomic E-state index is 13.3. The Labute approximate surface area is 226 Å². The number of nitrogens with zero attached hydrogens (tertiary/aromatic N) is 3. The molecule has 1 aliphatic heterocycles. The van der Waals surface area contributed by atoms with E-state index in [1.54, 1.807) is 4.90 Å². The van der Waals surface area contributed by atoms with Gasteiger partial charge in [0, 0.05) is 29.2 Å². The average Bonchev–Trinajstić information content (AvgIpc) is 3.18. The lowest BCUT2D eigenvalue weighted by Gasteiger charge is -2.23. The highest BCUT2D eigenvalue weighted by molar-refractivity contribution is 6.30. The highest BCUT2D eigenvalue weighted by Gasteiger charge is 2.28. The van der Waals surface area contributed by atoms with Crippen LogP contribution in [0.15, 0.2) is 57.9 Å². The molecule has 1 fully saturated rings. The molecule has 1 aromatic heterocycles. The number of aliphatic imine (C=N–C) groups is 1. The van der Waals surface area contributed by atoms with Crippen LogP contribution in [0, 0.1) is 18.4 Å². The Balaban J connectivity index is 1.39. The van der Waals surface area contributed by atoms with Gasteiger partial charge < -0.3 is 20.0 Å². The molecule has 2 aromatic carbocycles. The molecule has 9 nitrogen and oxygen atoms in total. The Morgan fingerprint density at radius 1 is 1.24 bits per heavy atom. The topological polar surface area (TPSA) is 123 Å². The molecule has 38 heavy (non-hydrogen) atoms. The molecule has 3 N–H and O–H groups in total. The predicted molar refractivity (Wildman–Crippen MR) is 148 cm³/mol. The summed E-state index contributed by atoms with van der Waals surface area (Å²) in [4.78, 5) is 32.1. The van der Waals surface area contributed by atoms with Crippen molar-refractivity contribution >= 4 is 46.0 Å². The normalized spacial score (nSPS) is 17.0. The fraction of sp³-hybridized carbons (Fsp3) is 0.357. The van der Waals surface area contributed by atoms with E-state index in [1.165, 1.54) is 0 Å². The summed E-state index contributed by atoms with van der Waals surface area (Å²) in [5.74, 6) is 0.621. The van der Waals surface area contributed by atoms with Gasteiger partial charge in [-0.2, -0.15) is 5.26 Å². The minimum absolute atomic E-state index is 0.0386. The van der Waals surface area contributed by atoms with Gasteiger partial charge >= 0.3 is 0 Å². The van der Waals surface area contributed by atoms with E-state index in [0.717, 1.165) is 35.1 Å². The van der Waals surface area contributed by atoms with E-state index in [0.29, 0.717) is 30.2 Å². The lowest BCUT2D eigenvalue weighted by Crippen LogP contribution is -2.45. The van der Waals surface area contributed by atoms with Gasteiger partial charge in [-0.25, -0.2) is 4.99 Å². The number of carbonyl (C=O) groups is 2. The first kappa shape index (κ1) is 27.0. The molecule has 1 aliphatic rings. The molecule has 198 valence electrons.